The molecule has 1 N–H and O–H groups in total. The fraction of sp³-hybridized carbons (Fsp3) is 0.562. The van der Waals surface area contributed by atoms with Crippen LogP contribution in [0.4, 0.5) is 0 Å². The Labute approximate surface area is 124 Å². The highest BCUT2D eigenvalue weighted by Gasteiger charge is 2.37. The molecule has 2 rings (SSSR count). The molecule has 0 aromatic carbocycles. The van der Waals surface area contributed by atoms with Crippen molar-refractivity contribution in [3.63, 3.8) is 0 Å². The van der Waals surface area contributed by atoms with Gasteiger partial charge in [-0.2, -0.15) is 0 Å². The average molecular weight is 291 g/mol. The number of carboxylic acid groups (broad SMARTS) is 1. The molecule has 1 unspecified atom stereocenters. The molecule has 0 spiro atoms. The van der Waals surface area contributed by atoms with Gasteiger partial charge in [-0.15, -0.1) is 0 Å². The predicted molar refractivity (Wildman–Crippen MR) is 76.9 cm³/mol. The quantitative estimate of drug-likeness (QED) is 0.863. The third-order valence-electron chi connectivity index (χ3n) is 3.63. The van der Waals surface area contributed by atoms with Gasteiger partial charge in [0.2, 0.25) is 0 Å². The van der Waals surface area contributed by atoms with Gasteiger partial charge in [-0.05, 0) is 51.2 Å². The first-order chi connectivity index (χ1) is 9.78. The number of nitrogens with zero attached hydrogens (tertiary/aromatic N) is 1. The summed E-state index contributed by atoms with van der Waals surface area (Å²) in [5.41, 5.74) is 1.29. The SMILES string of the molecule is CC(C)(C)OC(=O)CC(C(=O)O)[C@H]1CCc2ncccc21. The van der Waals surface area contributed by atoms with Gasteiger partial charge in [0, 0.05) is 11.9 Å². The highest BCUT2D eigenvalue weighted by molar-refractivity contribution is 5.80. The number of carboxylic acids is 1. The number of pyridine rings is 1. The van der Waals surface area contributed by atoms with Crippen molar-refractivity contribution >= 4 is 11.9 Å². The average Bonchev–Trinajstić information content (AvgIpc) is 2.77. The van der Waals surface area contributed by atoms with E-state index in [-0.39, 0.29) is 12.3 Å². The number of aliphatic carboxylic acids is 1. The van der Waals surface area contributed by atoms with Crippen molar-refractivity contribution in [3.8, 4) is 0 Å². The number of aromatic nitrogens is 1. The second-order valence-electron chi connectivity index (χ2n) is 6.42. The van der Waals surface area contributed by atoms with Crippen LogP contribution < -0.4 is 0 Å². The van der Waals surface area contributed by atoms with Gasteiger partial charge in [0.05, 0.1) is 12.3 Å². The predicted octanol–water partition coefficient (Wildman–Crippen LogP) is 2.54. The lowest BCUT2D eigenvalue weighted by Gasteiger charge is -2.23. The van der Waals surface area contributed by atoms with E-state index in [2.05, 4.69) is 4.98 Å². The van der Waals surface area contributed by atoms with Crippen molar-refractivity contribution in [3.05, 3.63) is 29.6 Å². The van der Waals surface area contributed by atoms with Gasteiger partial charge >= 0.3 is 11.9 Å². The van der Waals surface area contributed by atoms with Crippen LogP contribution in [-0.4, -0.2) is 27.6 Å². The van der Waals surface area contributed by atoms with E-state index < -0.39 is 23.5 Å². The van der Waals surface area contributed by atoms with E-state index in [1.807, 2.05) is 12.1 Å². The van der Waals surface area contributed by atoms with Crippen molar-refractivity contribution in [2.45, 2.75) is 51.6 Å². The maximum absolute atomic E-state index is 11.9. The molecule has 0 bridgehead atoms. The molecule has 0 saturated heterocycles. The van der Waals surface area contributed by atoms with E-state index in [1.54, 1.807) is 27.0 Å². The van der Waals surface area contributed by atoms with Crippen LogP contribution in [0.5, 0.6) is 0 Å². The van der Waals surface area contributed by atoms with Crippen molar-refractivity contribution in [1.82, 2.24) is 4.98 Å². The molecule has 0 radical (unpaired) electrons. The van der Waals surface area contributed by atoms with Crippen molar-refractivity contribution < 1.29 is 19.4 Å². The van der Waals surface area contributed by atoms with Crippen molar-refractivity contribution in [2.24, 2.45) is 5.92 Å². The number of esters is 1. The zero-order valence-corrected chi connectivity index (χ0v) is 12.6. The number of carbonyl (C=O) groups excluding carboxylic acids is 1. The van der Waals surface area contributed by atoms with Crippen LogP contribution in [0.25, 0.3) is 0 Å². The molecule has 1 heterocycles. The maximum Gasteiger partial charge on any atom is 0.307 e. The third kappa shape index (κ3) is 3.80. The molecule has 1 aromatic heterocycles. The summed E-state index contributed by atoms with van der Waals surface area (Å²) in [4.78, 5) is 27.8. The fourth-order valence-corrected chi connectivity index (χ4v) is 2.83. The molecular formula is C16H21NO4. The van der Waals surface area contributed by atoms with E-state index in [4.69, 9.17) is 4.74 Å². The van der Waals surface area contributed by atoms with Crippen LogP contribution in [0.2, 0.25) is 0 Å². The summed E-state index contributed by atoms with van der Waals surface area (Å²) in [7, 11) is 0. The summed E-state index contributed by atoms with van der Waals surface area (Å²) < 4.78 is 5.25. The molecule has 2 atom stereocenters. The molecule has 114 valence electrons. The first-order valence-corrected chi connectivity index (χ1v) is 7.16. The standard InChI is InChI=1S/C16H21NO4/c1-16(2,3)21-14(18)9-12(15(19)20)10-6-7-13-11(10)5-4-8-17-13/h4-5,8,10,12H,6-7,9H2,1-3H3,(H,19,20)/t10-,12?/m0/s1. The molecular weight excluding hydrogens is 270 g/mol. The lowest BCUT2D eigenvalue weighted by atomic mass is 9.85. The Balaban J connectivity index is 2.14. The minimum atomic E-state index is -0.956. The Morgan fingerprint density at radius 3 is 2.81 bits per heavy atom. The number of ether oxygens (including phenoxy) is 1. The summed E-state index contributed by atoms with van der Waals surface area (Å²) in [6, 6.07) is 3.72. The molecule has 0 amide bonds. The van der Waals surface area contributed by atoms with Gasteiger partial charge in [-0.25, -0.2) is 0 Å². The Kier molecular flexibility index (Phi) is 4.30. The first kappa shape index (κ1) is 15.5. The highest BCUT2D eigenvalue weighted by atomic mass is 16.6. The first-order valence-electron chi connectivity index (χ1n) is 7.16. The molecule has 1 aliphatic carbocycles. The number of rotatable bonds is 4. The summed E-state index contributed by atoms with van der Waals surface area (Å²) in [6.07, 6.45) is 3.08. The van der Waals surface area contributed by atoms with Gasteiger partial charge in [0.15, 0.2) is 0 Å². The van der Waals surface area contributed by atoms with Crippen LogP contribution in [0.15, 0.2) is 18.3 Å². The summed E-state index contributed by atoms with van der Waals surface area (Å²) in [6.45, 7) is 5.32. The van der Waals surface area contributed by atoms with Gasteiger partial charge in [-0.3, -0.25) is 14.6 Å². The Morgan fingerprint density at radius 1 is 1.48 bits per heavy atom. The van der Waals surface area contributed by atoms with Crippen LogP contribution >= 0.6 is 0 Å². The fourth-order valence-electron chi connectivity index (χ4n) is 2.83. The lowest BCUT2D eigenvalue weighted by Crippen LogP contribution is -2.29. The van der Waals surface area contributed by atoms with Crippen LogP contribution in [-0.2, 0) is 20.7 Å². The normalized spacial score (nSPS) is 18.9. The number of fused-ring (bicyclic) bond motifs is 1. The second kappa shape index (κ2) is 5.84. The van der Waals surface area contributed by atoms with Gasteiger partial charge in [0.1, 0.15) is 5.60 Å². The molecule has 5 heteroatoms. The zero-order chi connectivity index (χ0) is 15.6. The van der Waals surface area contributed by atoms with Gasteiger partial charge in [-0.1, -0.05) is 6.07 Å². The molecule has 5 nitrogen and oxygen atoms in total. The molecule has 0 aliphatic heterocycles. The number of aryl methyl sites for hydroxylation is 1. The van der Waals surface area contributed by atoms with Gasteiger partial charge < -0.3 is 9.84 Å². The molecule has 1 aromatic rings. The molecule has 0 fully saturated rings. The minimum Gasteiger partial charge on any atom is -0.481 e. The van der Waals surface area contributed by atoms with Crippen LogP contribution in [0.3, 0.4) is 0 Å². The maximum atomic E-state index is 11.9. The summed E-state index contributed by atoms with van der Waals surface area (Å²) >= 11 is 0. The van der Waals surface area contributed by atoms with Crippen LogP contribution in [0.1, 0.15) is 50.8 Å². The molecule has 21 heavy (non-hydrogen) atoms. The van der Waals surface area contributed by atoms with E-state index in [1.165, 1.54) is 0 Å². The Morgan fingerprint density at radius 2 is 2.19 bits per heavy atom. The van der Waals surface area contributed by atoms with Crippen LogP contribution in [0, 0.1) is 5.92 Å². The molecule has 0 saturated carbocycles. The number of carbonyl (C=O) groups is 2. The van der Waals surface area contributed by atoms with E-state index in [0.29, 0.717) is 6.42 Å². The molecule has 1 aliphatic rings. The smallest absolute Gasteiger partial charge is 0.307 e. The lowest BCUT2D eigenvalue weighted by molar-refractivity contribution is -0.160. The largest absolute Gasteiger partial charge is 0.481 e. The Bertz CT molecular complexity index is 547. The third-order valence-corrected chi connectivity index (χ3v) is 3.63. The topological polar surface area (TPSA) is 76.5 Å². The zero-order valence-electron chi connectivity index (χ0n) is 12.6. The highest BCUT2D eigenvalue weighted by Crippen LogP contribution is 2.39. The van der Waals surface area contributed by atoms with E-state index >= 15 is 0 Å². The summed E-state index contributed by atoms with van der Waals surface area (Å²) in [5, 5.41) is 9.48. The Hall–Kier alpha value is -1.91. The van der Waals surface area contributed by atoms with Crippen molar-refractivity contribution in [1.29, 1.82) is 0 Å². The summed E-state index contributed by atoms with van der Waals surface area (Å²) in [5.74, 6) is -2.35. The van der Waals surface area contributed by atoms with Gasteiger partial charge in [0.25, 0.3) is 0 Å². The monoisotopic (exact) mass is 291 g/mol. The minimum absolute atomic E-state index is 0.106. The number of hydrogen-bond acceptors (Lipinski definition) is 4. The van der Waals surface area contributed by atoms with E-state index in [0.717, 1.165) is 17.7 Å². The van der Waals surface area contributed by atoms with E-state index in [9.17, 15) is 14.7 Å². The number of hydrogen-bond donors (Lipinski definition) is 1. The second-order valence-corrected chi connectivity index (χ2v) is 6.42. The van der Waals surface area contributed by atoms with Crippen molar-refractivity contribution in [2.75, 3.05) is 0 Å².